The van der Waals surface area contributed by atoms with E-state index in [2.05, 4.69) is 11.8 Å². The van der Waals surface area contributed by atoms with Crippen LogP contribution in [0.15, 0.2) is 54.6 Å². The standard InChI is InChI=1S/C15H11NO/c16-14-9-5-4-8-13(14)15(17)11-10-12-6-2-1-3-7-12/h1-9H,16H2. The minimum atomic E-state index is -0.257. The molecule has 0 aliphatic rings. The number of Topliss-reactive ketones (excluding diaryl/α,β-unsaturated/α-hetero) is 1. The molecule has 82 valence electrons. The van der Waals surface area contributed by atoms with Crippen LogP contribution in [0.2, 0.25) is 0 Å². The summed E-state index contributed by atoms with van der Waals surface area (Å²) in [6.07, 6.45) is 0. The normalized spacial score (nSPS) is 9.18. The minimum absolute atomic E-state index is 0.257. The van der Waals surface area contributed by atoms with Gasteiger partial charge in [0.05, 0.1) is 5.56 Å². The Labute approximate surface area is 100 Å². The monoisotopic (exact) mass is 221 g/mol. The number of hydrogen-bond acceptors (Lipinski definition) is 2. The Hall–Kier alpha value is -2.53. The molecule has 0 fully saturated rings. The van der Waals surface area contributed by atoms with Crippen LogP contribution < -0.4 is 5.73 Å². The van der Waals surface area contributed by atoms with E-state index in [0.717, 1.165) is 5.56 Å². The van der Waals surface area contributed by atoms with Gasteiger partial charge in [-0.15, -0.1) is 0 Å². The third-order valence-corrected chi connectivity index (χ3v) is 2.30. The molecule has 0 heterocycles. The Bertz CT molecular complexity index is 591. The molecule has 2 N–H and O–H groups in total. The van der Waals surface area contributed by atoms with Gasteiger partial charge in [-0.3, -0.25) is 4.79 Å². The molecular weight excluding hydrogens is 210 g/mol. The van der Waals surface area contributed by atoms with Gasteiger partial charge < -0.3 is 5.73 Å². The predicted octanol–water partition coefficient (Wildman–Crippen LogP) is 2.50. The molecule has 0 bridgehead atoms. The first-order valence-corrected chi connectivity index (χ1v) is 5.23. The number of rotatable bonds is 1. The predicted molar refractivity (Wildman–Crippen MR) is 68.5 cm³/mol. The number of nitrogen functional groups attached to an aromatic ring is 1. The van der Waals surface area contributed by atoms with Crippen LogP contribution in [0, 0.1) is 11.8 Å². The summed E-state index contributed by atoms with van der Waals surface area (Å²) in [6.45, 7) is 0. The van der Waals surface area contributed by atoms with Crippen LogP contribution in [0.1, 0.15) is 15.9 Å². The number of hydrogen-bond donors (Lipinski definition) is 1. The first-order valence-electron chi connectivity index (χ1n) is 5.23. The van der Waals surface area contributed by atoms with Crippen molar-refractivity contribution >= 4 is 11.5 Å². The van der Waals surface area contributed by atoms with Crippen molar-refractivity contribution in [2.24, 2.45) is 0 Å². The topological polar surface area (TPSA) is 43.1 Å². The first-order chi connectivity index (χ1) is 8.27. The van der Waals surface area contributed by atoms with Crippen molar-refractivity contribution in [2.75, 3.05) is 5.73 Å². The first kappa shape index (κ1) is 11.0. The van der Waals surface area contributed by atoms with Crippen LogP contribution in [0.4, 0.5) is 5.69 Å². The molecule has 0 aliphatic carbocycles. The van der Waals surface area contributed by atoms with Crippen LogP contribution in [0.3, 0.4) is 0 Å². The summed E-state index contributed by atoms with van der Waals surface area (Å²) in [5, 5.41) is 0. The van der Waals surface area contributed by atoms with E-state index in [0.29, 0.717) is 11.3 Å². The van der Waals surface area contributed by atoms with Gasteiger partial charge in [0.15, 0.2) is 0 Å². The van der Waals surface area contributed by atoms with E-state index < -0.39 is 0 Å². The third kappa shape index (κ3) is 2.73. The Morgan fingerprint density at radius 1 is 0.941 bits per heavy atom. The zero-order valence-corrected chi connectivity index (χ0v) is 9.18. The third-order valence-electron chi connectivity index (χ3n) is 2.30. The summed E-state index contributed by atoms with van der Waals surface area (Å²) in [7, 11) is 0. The molecule has 0 saturated carbocycles. The lowest BCUT2D eigenvalue weighted by Crippen LogP contribution is -2.00. The Balaban J connectivity index is 2.24. The summed E-state index contributed by atoms with van der Waals surface area (Å²) >= 11 is 0. The van der Waals surface area contributed by atoms with Gasteiger partial charge in [-0.05, 0) is 30.2 Å². The molecule has 0 saturated heterocycles. The fourth-order valence-corrected chi connectivity index (χ4v) is 1.42. The molecule has 0 amide bonds. The van der Waals surface area contributed by atoms with Crippen molar-refractivity contribution in [3.8, 4) is 11.8 Å². The zero-order chi connectivity index (χ0) is 12.1. The average Bonchev–Trinajstić information content (AvgIpc) is 2.38. The Morgan fingerprint density at radius 2 is 1.59 bits per heavy atom. The van der Waals surface area contributed by atoms with E-state index in [9.17, 15) is 4.79 Å². The van der Waals surface area contributed by atoms with E-state index in [1.54, 1.807) is 24.3 Å². The van der Waals surface area contributed by atoms with Crippen molar-refractivity contribution in [3.05, 3.63) is 65.7 Å². The SMILES string of the molecule is Nc1ccccc1C(=O)C#Cc1ccccc1. The maximum atomic E-state index is 11.8. The highest BCUT2D eigenvalue weighted by Gasteiger charge is 2.04. The molecule has 2 aromatic carbocycles. The van der Waals surface area contributed by atoms with Gasteiger partial charge in [0.25, 0.3) is 0 Å². The van der Waals surface area contributed by atoms with Gasteiger partial charge in [-0.2, -0.15) is 0 Å². The number of carbonyl (C=O) groups is 1. The molecule has 0 spiro atoms. The highest BCUT2D eigenvalue weighted by Crippen LogP contribution is 2.10. The van der Waals surface area contributed by atoms with Crippen molar-refractivity contribution in [3.63, 3.8) is 0 Å². The van der Waals surface area contributed by atoms with Crippen molar-refractivity contribution < 1.29 is 4.79 Å². The Kier molecular flexibility index (Phi) is 3.23. The molecule has 0 aromatic heterocycles. The largest absolute Gasteiger partial charge is 0.398 e. The molecule has 17 heavy (non-hydrogen) atoms. The Morgan fingerprint density at radius 3 is 2.29 bits per heavy atom. The van der Waals surface area contributed by atoms with Gasteiger partial charge >= 0.3 is 0 Å². The minimum Gasteiger partial charge on any atom is -0.398 e. The number of para-hydroxylation sites is 1. The van der Waals surface area contributed by atoms with E-state index in [4.69, 9.17) is 5.73 Å². The van der Waals surface area contributed by atoms with Crippen LogP contribution in [0.5, 0.6) is 0 Å². The molecular formula is C15H11NO. The van der Waals surface area contributed by atoms with Gasteiger partial charge in [0, 0.05) is 11.3 Å². The lowest BCUT2D eigenvalue weighted by molar-refractivity contribution is 0.105. The summed E-state index contributed by atoms with van der Waals surface area (Å²) < 4.78 is 0. The highest BCUT2D eigenvalue weighted by atomic mass is 16.1. The van der Waals surface area contributed by atoms with Gasteiger partial charge in [-0.25, -0.2) is 0 Å². The van der Waals surface area contributed by atoms with Crippen molar-refractivity contribution in [1.29, 1.82) is 0 Å². The molecule has 0 unspecified atom stereocenters. The lowest BCUT2D eigenvalue weighted by Gasteiger charge is -1.97. The summed E-state index contributed by atoms with van der Waals surface area (Å²) in [5.41, 5.74) is 7.43. The lowest BCUT2D eigenvalue weighted by atomic mass is 10.1. The molecule has 2 heteroatoms. The van der Waals surface area contributed by atoms with Crippen LogP contribution >= 0.6 is 0 Å². The highest BCUT2D eigenvalue weighted by molar-refractivity contribution is 6.12. The number of carbonyl (C=O) groups excluding carboxylic acids is 1. The summed E-state index contributed by atoms with van der Waals surface area (Å²) in [4.78, 5) is 11.8. The molecule has 2 aromatic rings. The number of ketones is 1. The second kappa shape index (κ2) is 5.00. The summed E-state index contributed by atoms with van der Waals surface area (Å²) in [5.74, 6) is 5.14. The number of anilines is 1. The number of benzene rings is 2. The molecule has 0 atom stereocenters. The summed E-state index contributed by atoms with van der Waals surface area (Å²) in [6, 6.07) is 16.3. The fraction of sp³-hybridized carbons (Fsp3) is 0. The van der Waals surface area contributed by atoms with E-state index >= 15 is 0 Å². The van der Waals surface area contributed by atoms with Gasteiger partial charge in [-0.1, -0.05) is 36.3 Å². The second-order valence-corrected chi connectivity index (χ2v) is 3.53. The smallest absolute Gasteiger partial charge is 0.238 e. The maximum absolute atomic E-state index is 11.8. The quantitative estimate of drug-likeness (QED) is 0.457. The second-order valence-electron chi connectivity index (χ2n) is 3.53. The molecule has 0 radical (unpaired) electrons. The van der Waals surface area contributed by atoms with Gasteiger partial charge in [0.2, 0.25) is 5.78 Å². The maximum Gasteiger partial charge on any atom is 0.238 e. The van der Waals surface area contributed by atoms with Crippen LogP contribution in [-0.2, 0) is 0 Å². The number of nitrogens with two attached hydrogens (primary N) is 1. The molecule has 0 aliphatic heterocycles. The van der Waals surface area contributed by atoms with Crippen LogP contribution in [-0.4, -0.2) is 5.78 Å². The molecule has 2 rings (SSSR count). The van der Waals surface area contributed by atoms with E-state index in [1.807, 2.05) is 30.3 Å². The average molecular weight is 221 g/mol. The fourth-order valence-electron chi connectivity index (χ4n) is 1.42. The van der Waals surface area contributed by atoms with Crippen molar-refractivity contribution in [2.45, 2.75) is 0 Å². The van der Waals surface area contributed by atoms with Crippen LogP contribution in [0.25, 0.3) is 0 Å². The van der Waals surface area contributed by atoms with Crippen molar-refractivity contribution in [1.82, 2.24) is 0 Å². The van der Waals surface area contributed by atoms with E-state index in [-0.39, 0.29) is 5.78 Å². The zero-order valence-electron chi connectivity index (χ0n) is 9.18. The molecule has 2 nitrogen and oxygen atoms in total. The van der Waals surface area contributed by atoms with Gasteiger partial charge in [0.1, 0.15) is 0 Å². The van der Waals surface area contributed by atoms with E-state index in [1.165, 1.54) is 0 Å².